The summed E-state index contributed by atoms with van der Waals surface area (Å²) in [5.41, 5.74) is 2.92. The molecule has 0 saturated carbocycles. The summed E-state index contributed by atoms with van der Waals surface area (Å²) in [4.78, 5) is 38.9. The van der Waals surface area contributed by atoms with Crippen LogP contribution in [0.15, 0.2) is 54.6 Å². The Balaban J connectivity index is 1.52. The Kier molecular flexibility index (Phi) is 6.26. The van der Waals surface area contributed by atoms with Gasteiger partial charge in [0.15, 0.2) is 0 Å². The van der Waals surface area contributed by atoms with E-state index in [-0.39, 0.29) is 24.9 Å². The number of hydrogen-bond acceptors (Lipinski definition) is 3. The number of urea groups is 1. The smallest absolute Gasteiger partial charge is 0.323 e. The Morgan fingerprint density at radius 3 is 2.39 bits per heavy atom. The van der Waals surface area contributed by atoms with Crippen molar-refractivity contribution in [3.63, 3.8) is 0 Å². The third-order valence-electron chi connectivity index (χ3n) is 4.70. The molecule has 1 aliphatic heterocycles. The van der Waals surface area contributed by atoms with E-state index < -0.39 is 12.5 Å². The molecule has 3 rings (SSSR count). The summed E-state index contributed by atoms with van der Waals surface area (Å²) in [6.45, 7) is 0.912. The minimum Gasteiger partial charge on any atom is -0.480 e. The fourth-order valence-electron chi connectivity index (χ4n) is 3.26. The number of benzene rings is 2. The van der Waals surface area contributed by atoms with E-state index in [1.807, 2.05) is 18.2 Å². The zero-order chi connectivity index (χ0) is 19.9. The fraction of sp³-hybridized carbons (Fsp3) is 0.286. The molecule has 2 aromatic rings. The average molecular weight is 381 g/mol. The standard InChI is InChI=1S/C21H23N3O4/c25-19(24(15-20(26)27)18-8-2-1-3-9-18)10-12-22-21(28)23-13-11-16-6-4-5-7-17(16)14-23/h1-9H,10-15H2,(H,22,28)(H,26,27). The van der Waals surface area contributed by atoms with Crippen LogP contribution in [0.2, 0.25) is 0 Å². The number of fused-ring (bicyclic) bond motifs is 1. The highest BCUT2D eigenvalue weighted by molar-refractivity contribution is 5.97. The van der Waals surface area contributed by atoms with Gasteiger partial charge in [-0.25, -0.2) is 4.79 Å². The highest BCUT2D eigenvalue weighted by Crippen LogP contribution is 2.18. The molecule has 0 atom stereocenters. The van der Waals surface area contributed by atoms with Crippen LogP contribution in [0.5, 0.6) is 0 Å². The van der Waals surface area contributed by atoms with Crippen LogP contribution in [-0.4, -0.2) is 47.5 Å². The lowest BCUT2D eigenvalue weighted by Crippen LogP contribution is -2.44. The molecule has 1 heterocycles. The average Bonchev–Trinajstić information content (AvgIpc) is 2.72. The number of carboxylic acid groups (broad SMARTS) is 1. The molecule has 0 radical (unpaired) electrons. The van der Waals surface area contributed by atoms with Gasteiger partial charge in [0.1, 0.15) is 6.54 Å². The maximum atomic E-state index is 12.5. The molecule has 0 unspecified atom stereocenters. The van der Waals surface area contributed by atoms with Crippen molar-refractivity contribution in [2.45, 2.75) is 19.4 Å². The SMILES string of the molecule is O=C(O)CN(C(=O)CCNC(=O)N1CCc2ccccc2C1)c1ccccc1. The number of rotatable bonds is 6. The zero-order valence-corrected chi connectivity index (χ0v) is 15.5. The normalized spacial score (nSPS) is 12.8. The molecular formula is C21H23N3O4. The van der Waals surface area contributed by atoms with Gasteiger partial charge in [0, 0.05) is 31.7 Å². The van der Waals surface area contributed by atoms with Gasteiger partial charge in [-0.15, -0.1) is 0 Å². The second kappa shape index (κ2) is 9.03. The number of amides is 3. The van der Waals surface area contributed by atoms with Crippen LogP contribution in [0.4, 0.5) is 10.5 Å². The highest BCUT2D eigenvalue weighted by Gasteiger charge is 2.22. The Morgan fingerprint density at radius 2 is 1.68 bits per heavy atom. The number of nitrogens with one attached hydrogen (secondary N) is 1. The number of carbonyl (C=O) groups is 3. The highest BCUT2D eigenvalue weighted by atomic mass is 16.4. The predicted molar refractivity (Wildman–Crippen MR) is 105 cm³/mol. The number of para-hydroxylation sites is 1. The Morgan fingerprint density at radius 1 is 1.00 bits per heavy atom. The molecule has 146 valence electrons. The van der Waals surface area contributed by atoms with Crippen molar-refractivity contribution in [2.75, 3.05) is 24.5 Å². The van der Waals surface area contributed by atoms with Crippen LogP contribution in [0.25, 0.3) is 0 Å². The molecule has 0 bridgehead atoms. The van der Waals surface area contributed by atoms with E-state index in [0.717, 1.165) is 12.0 Å². The summed E-state index contributed by atoms with van der Waals surface area (Å²) in [6.07, 6.45) is 0.835. The number of carboxylic acids is 1. The number of aliphatic carboxylic acids is 1. The molecule has 0 fully saturated rings. The first-order valence-electron chi connectivity index (χ1n) is 9.21. The lowest BCUT2D eigenvalue weighted by molar-refractivity contribution is -0.136. The van der Waals surface area contributed by atoms with E-state index >= 15 is 0 Å². The summed E-state index contributed by atoms with van der Waals surface area (Å²) >= 11 is 0. The molecule has 2 N–H and O–H groups in total. The quantitative estimate of drug-likeness (QED) is 0.803. The van der Waals surface area contributed by atoms with Gasteiger partial charge in [-0.05, 0) is 29.7 Å². The van der Waals surface area contributed by atoms with Crippen LogP contribution in [0, 0.1) is 0 Å². The van der Waals surface area contributed by atoms with Crippen LogP contribution in [-0.2, 0) is 22.6 Å². The lowest BCUT2D eigenvalue weighted by Gasteiger charge is -2.29. The van der Waals surface area contributed by atoms with Gasteiger partial charge < -0.3 is 20.2 Å². The summed E-state index contributed by atoms with van der Waals surface area (Å²) in [5, 5.41) is 11.9. The van der Waals surface area contributed by atoms with Crippen LogP contribution < -0.4 is 10.2 Å². The van der Waals surface area contributed by atoms with Crippen molar-refractivity contribution < 1.29 is 19.5 Å². The second-order valence-corrected chi connectivity index (χ2v) is 6.63. The molecular weight excluding hydrogens is 358 g/mol. The first-order chi connectivity index (χ1) is 13.5. The number of anilines is 1. The van der Waals surface area contributed by atoms with Crippen molar-refractivity contribution in [2.24, 2.45) is 0 Å². The van der Waals surface area contributed by atoms with E-state index in [9.17, 15) is 14.4 Å². The van der Waals surface area contributed by atoms with Gasteiger partial charge in [-0.2, -0.15) is 0 Å². The van der Waals surface area contributed by atoms with Crippen LogP contribution >= 0.6 is 0 Å². The Hall–Kier alpha value is -3.35. The van der Waals surface area contributed by atoms with E-state index in [1.54, 1.807) is 35.2 Å². The lowest BCUT2D eigenvalue weighted by atomic mass is 10.0. The van der Waals surface area contributed by atoms with Gasteiger partial charge in [-0.3, -0.25) is 9.59 Å². The number of nitrogens with zero attached hydrogens (tertiary/aromatic N) is 2. The topological polar surface area (TPSA) is 90.0 Å². The van der Waals surface area contributed by atoms with Gasteiger partial charge >= 0.3 is 12.0 Å². The molecule has 1 aliphatic rings. The van der Waals surface area contributed by atoms with E-state index in [4.69, 9.17) is 5.11 Å². The van der Waals surface area contributed by atoms with Crippen LogP contribution in [0.3, 0.4) is 0 Å². The van der Waals surface area contributed by atoms with E-state index in [0.29, 0.717) is 18.8 Å². The minimum absolute atomic E-state index is 0.0261. The third kappa shape index (κ3) is 4.88. The molecule has 0 spiro atoms. The monoisotopic (exact) mass is 381 g/mol. The first-order valence-corrected chi connectivity index (χ1v) is 9.21. The Labute approximate surface area is 163 Å². The third-order valence-corrected chi connectivity index (χ3v) is 4.70. The molecule has 28 heavy (non-hydrogen) atoms. The van der Waals surface area contributed by atoms with Crippen molar-refractivity contribution in [3.8, 4) is 0 Å². The van der Waals surface area contributed by atoms with Gasteiger partial charge in [-0.1, -0.05) is 42.5 Å². The zero-order valence-electron chi connectivity index (χ0n) is 15.5. The molecule has 0 aliphatic carbocycles. The summed E-state index contributed by atoms with van der Waals surface area (Å²) in [7, 11) is 0. The maximum absolute atomic E-state index is 12.5. The largest absolute Gasteiger partial charge is 0.480 e. The molecule has 0 aromatic heterocycles. The minimum atomic E-state index is -1.09. The molecule has 7 nitrogen and oxygen atoms in total. The van der Waals surface area contributed by atoms with E-state index in [1.165, 1.54) is 10.5 Å². The van der Waals surface area contributed by atoms with E-state index in [2.05, 4.69) is 11.4 Å². The summed E-state index contributed by atoms with van der Waals surface area (Å²) in [6, 6.07) is 16.5. The maximum Gasteiger partial charge on any atom is 0.323 e. The van der Waals surface area contributed by atoms with Gasteiger partial charge in [0.2, 0.25) is 5.91 Å². The van der Waals surface area contributed by atoms with Gasteiger partial charge in [0.25, 0.3) is 0 Å². The molecule has 2 aromatic carbocycles. The number of carbonyl (C=O) groups excluding carboxylic acids is 2. The first kappa shape index (κ1) is 19.4. The molecule has 3 amide bonds. The number of hydrogen-bond donors (Lipinski definition) is 2. The fourth-order valence-corrected chi connectivity index (χ4v) is 3.26. The van der Waals surface area contributed by atoms with Crippen molar-refractivity contribution in [1.82, 2.24) is 10.2 Å². The summed E-state index contributed by atoms with van der Waals surface area (Å²) in [5.74, 6) is -1.44. The van der Waals surface area contributed by atoms with Crippen LogP contribution in [0.1, 0.15) is 17.5 Å². The van der Waals surface area contributed by atoms with Crippen molar-refractivity contribution >= 4 is 23.6 Å². The second-order valence-electron chi connectivity index (χ2n) is 6.63. The van der Waals surface area contributed by atoms with Gasteiger partial charge in [0.05, 0.1) is 0 Å². The van der Waals surface area contributed by atoms with Crippen molar-refractivity contribution in [3.05, 3.63) is 65.7 Å². The molecule has 0 saturated heterocycles. The summed E-state index contributed by atoms with van der Waals surface area (Å²) < 4.78 is 0. The molecule has 7 heteroatoms. The van der Waals surface area contributed by atoms with Crippen molar-refractivity contribution in [1.29, 1.82) is 0 Å². The Bertz CT molecular complexity index is 854. The predicted octanol–water partition coefficient (Wildman–Crippen LogP) is 2.26.